The molecule has 3 rings (SSSR count). The second-order valence-corrected chi connectivity index (χ2v) is 6.23. The Kier molecular flexibility index (Phi) is 6.15. The van der Waals surface area contributed by atoms with Crippen molar-refractivity contribution in [1.29, 1.82) is 5.26 Å². The van der Waals surface area contributed by atoms with Crippen LogP contribution in [0.1, 0.15) is 12.7 Å². The van der Waals surface area contributed by atoms with E-state index in [4.69, 9.17) is 20.8 Å². The first-order chi connectivity index (χ1) is 13.6. The fraction of sp³-hybridized carbons (Fsp3) is 0.0909. The summed E-state index contributed by atoms with van der Waals surface area (Å²) in [6, 6.07) is 19.5. The first-order valence-corrected chi connectivity index (χ1v) is 8.98. The highest BCUT2D eigenvalue weighted by molar-refractivity contribution is 6.30. The molecule has 0 unspecified atom stereocenters. The molecule has 0 radical (unpaired) electrons. The highest BCUT2D eigenvalue weighted by atomic mass is 35.5. The molecule has 3 aromatic rings. The second kappa shape index (κ2) is 8.94. The van der Waals surface area contributed by atoms with Gasteiger partial charge in [-0.15, -0.1) is 0 Å². The molecule has 1 amide bonds. The van der Waals surface area contributed by atoms with Crippen LogP contribution in [0.25, 0.3) is 17.4 Å². The molecule has 0 saturated carbocycles. The van der Waals surface area contributed by atoms with Gasteiger partial charge in [-0.2, -0.15) is 5.26 Å². The lowest BCUT2D eigenvalue weighted by Crippen LogP contribution is -2.13. The minimum absolute atomic E-state index is 0.0640. The van der Waals surface area contributed by atoms with Crippen molar-refractivity contribution in [3.8, 4) is 23.1 Å². The van der Waals surface area contributed by atoms with Crippen LogP contribution in [-0.4, -0.2) is 12.5 Å². The summed E-state index contributed by atoms with van der Waals surface area (Å²) in [6.45, 7) is 2.46. The van der Waals surface area contributed by atoms with E-state index < -0.39 is 5.91 Å². The Balaban J connectivity index is 1.73. The molecule has 6 heteroatoms. The number of hydrogen-bond acceptors (Lipinski definition) is 4. The number of nitrogens with zero attached hydrogens (tertiary/aromatic N) is 1. The van der Waals surface area contributed by atoms with Crippen LogP contribution in [0.2, 0.25) is 5.02 Å². The van der Waals surface area contributed by atoms with E-state index in [1.165, 1.54) is 6.08 Å². The SMILES string of the molecule is CCOc1ccc(NC(=O)/C(C#N)=C\c2ccc(-c3ccc(Cl)cc3)o2)cc1. The maximum absolute atomic E-state index is 12.4. The van der Waals surface area contributed by atoms with Gasteiger partial charge in [0.25, 0.3) is 5.91 Å². The molecule has 0 saturated heterocycles. The van der Waals surface area contributed by atoms with Gasteiger partial charge in [0.2, 0.25) is 0 Å². The monoisotopic (exact) mass is 392 g/mol. The van der Waals surface area contributed by atoms with Gasteiger partial charge in [0.05, 0.1) is 6.61 Å². The largest absolute Gasteiger partial charge is 0.494 e. The number of carbonyl (C=O) groups excluding carboxylic acids is 1. The van der Waals surface area contributed by atoms with E-state index >= 15 is 0 Å². The molecular formula is C22H17ClN2O3. The topological polar surface area (TPSA) is 75.3 Å². The number of nitriles is 1. The highest BCUT2D eigenvalue weighted by Crippen LogP contribution is 2.25. The van der Waals surface area contributed by atoms with Crippen molar-refractivity contribution in [3.63, 3.8) is 0 Å². The molecular weight excluding hydrogens is 376 g/mol. The third-order valence-electron chi connectivity index (χ3n) is 3.83. The van der Waals surface area contributed by atoms with Crippen LogP contribution in [-0.2, 0) is 4.79 Å². The first kappa shape index (κ1) is 19.3. The van der Waals surface area contributed by atoms with Gasteiger partial charge in [0, 0.05) is 22.3 Å². The summed E-state index contributed by atoms with van der Waals surface area (Å²) in [5, 5.41) is 12.7. The normalized spacial score (nSPS) is 11.0. The molecule has 0 spiro atoms. The van der Waals surface area contributed by atoms with Gasteiger partial charge in [0.1, 0.15) is 28.9 Å². The van der Waals surface area contributed by atoms with Gasteiger partial charge in [-0.3, -0.25) is 4.79 Å². The second-order valence-electron chi connectivity index (χ2n) is 5.79. The Labute approximate surface area is 167 Å². The fourth-order valence-electron chi connectivity index (χ4n) is 2.49. The number of amides is 1. The van der Waals surface area contributed by atoms with Crippen molar-refractivity contribution in [3.05, 3.63) is 77.0 Å². The smallest absolute Gasteiger partial charge is 0.266 e. The third-order valence-corrected chi connectivity index (χ3v) is 4.08. The average molecular weight is 393 g/mol. The number of anilines is 1. The van der Waals surface area contributed by atoms with Crippen molar-refractivity contribution in [2.45, 2.75) is 6.92 Å². The molecule has 1 N–H and O–H groups in total. The number of furan rings is 1. The third kappa shape index (κ3) is 4.81. The fourth-order valence-corrected chi connectivity index (χ4v) is 2.62. The van der Waals surface area contributed by atoms with Crippen LogP contribution in [0.3, 0.4) is 0 Å². The Hall–Kier alpha value is -3.49. The lowest BCUT2D eigenvalue weighted by Gasteiger charge is -2.06. The minimum Gasteiger partial charge on any atom is -0.494 e. The molecule has 0 atom stereocenters. The van der Waals surface area contributed by atoms with E-state index in [0.29, 0.717) is 34.6 Å². The van der Waals surface area contributed by atoms with Gasteiger partial charge in [-0.1, -0.05) is 11.6 Å². The first-order valence-electron chi connectivity index (χ1n) is 8.61. The number of hydrogen-bond donors (Lipinski definition) is 1. The molecule has 0 aliphatic heterocycles. The predicted octanol–water partition coefficient (Wildman–Crippen LogP) is 5.54. The summed E-state index contributed by atoms with van der Waals surface area (Å²) in [4.78, 5) is 12.4. The Morgan fingerprint density at radius 3 is 2.50 bits per heavy atom. The van der Waals surface area contributed by atoms with Gasteiger partial charge in [0.15, 0.2) is 0 Å². The number of benzene rings is 2. The zero-order chi connectivity index (χ0) is 19.9. The van der Waals surface area contributed by atoms with Gasteiger partial charge < -0.3 is 14.5 Å². The summed E-state index contributed by atoms with van der Waals surface area (Å²) in [6.07, 6.45) is 1.41. The standard InChI is InChI=1S/C22H17ClN2O3/c1-2-27-19-9-7-18(8-10-19)25-22(26)16(14-24)13-20-11-12-21(28-20)15-3-5-17(23)6-4-15/h3-13H,2H2,1H3,(H,25,26)/b16-13-. The van der Waals surface area contributed by atoms with Crippen molar-refractivity contribution in [2.75, 3.05) is 11.9 Å². The summed E-state index contributed by atoms with van der Waals surface area (Å²) in [5.74, 6) is 1.22. The number of nitrogens with one attached hydrogen (secondary N) is 1. The number of carbonyl (C=O) groups is 1. The van der Waals surface area contributed by atoms with Gasteiger partial charge in [-0.05, 0) is 67.6 Å². The van der Waals surface area contributed by atoms with Crippen molar-refractivity contribution in [2.24, 2.45) is 0 Å². The summed E-state index contributed by atoms with van der Waals surface area (Å²) >= 11 is 5.89. The number of rotatable bonds is 6. The summed E-state index contributed by atoms with van der Waals surface area (Å²) < 4.78 is 11.1. The van der Waals surface area contributed by atoms with E-state index in [0.717, 1.165) is 5.56 Å². The maximum atomic E-state index is 12.4. The Bertz CT molecular complexity index is 1030. The molecule has 1 aromatic heterocycles. The van der Waals surface area contributed by atoms with E-state index in [1.807, 2.05) is 25.1 Å². The lowest BCUT2D eigenvalue weighted by atomic mass is 10.2. The van der Waals surface area contributed by atoms with Gasteiger partial charge in [-0.25, -0.2) is 0 Å². The van der Waals surface area contributed by atoms with Crippen LogP contribution in [0, 0.1) is 11.3 Å². The Morgan fingerprint density at radius 1 is 1.14 bits per heavy atom. The molecule has 1 heterocycles. The van der Waals surface area contributed by atoms with E-state index in [9.17, 15) is 10.1 Å². The Morgan fingerprint density at radius 2 is 1.86 bits per heavy atom. The molecule has 0 fully saturated rings. The summed E-state index contributed by atoms with van der Waals surface area (Å²) in [7, 11) is 0. The molecule has 140 valence electrons. The molecule has 0 aliphatic rings. The van der Waals surface area contributed by atoms with Crippen molar-refractivity contribution < 1.29 is 13.9 Å². The molecule has 0 bridgehead atoms. The maximum Gasteiger partial charge on any atom is 0.266 e. The highest BCUT2D eigenvalue weighted by Gasteiger charge is 2.12. The number of halogens is 1. The van der Waals surface area contributed by atoms with Crippen LogP contribution in [0.5, 0.6) is 5.75 Å². The zero-order valence-electron chi connectivity index (χ0n) is 15.1. The van der Waals surface area contributed by atoms with Crippen LogP contribution >= 0.6 is 11.6 Å². The molecule has 0 aliphatic carbocycles. The van der Waals surface area contributed by atoms with Gasteiger partial charge >= 0.3 is 0 Å². The summed E-state index contributed by atoms with van der Waals surface area (Å²) in [5.41, 5.74) is 1.35. The van der Waals surface area contributed by atoms with E-state index in [1.54, 1.807) is 48.5 Å². The van der Waals surface area contributed by atoms with Crippen LogP contribution in [0.15, 0.2) is 70.7 Å². The molecule has 5 nitrogen and oxygen atoms in total. The molecule has 28 heavy (non-hydrogen) atoms. The molecule has 2 aromatic carbocycles. The predicted molar refractivity (Wildman–Crippen MR) is 109 cm³/mol. The zero-order valence-corrected chi connectivity index (χ0v) is 15.9. The van der Waals surface area contributed by atoms with Crippen molar-refractivity contribution >= 4 is 29.3 Å². The van der Waals surface area contributed by atoms with Crippen LogP contribution < -0.4 is 10.1 Å². The quantitative estimate of drug-likeness (QED) is 0.441. The van der Waals surface area contributed by atoms with E-state index in [-0.39, 0.29) is 5.57 Å². The van der Waals surface area contributed by atoms with Crippen molar-refractivity contribution in [1.82, 2.24) is 0 Å². The number of ether oxygens (including phenoxy) is 1. The average Bonchev–Trinajstić information content (AvgIpc) is 3.17. The van der Waals surface area contributed by atoms with E-state index in [2.05, 4.69) is 5.32 Å². The van der Waals surface area contributed by atoms with Crippen LogP contribution in [0.4, 0.5) is 5.69 Å². The minimum atomic E-state index is -0.517. The lowest BCUT2D eigenvalue weighted by molar-refractivity contribution is -0.112.